The molecule has 4 rings (SSSR count). The minimum atomic E-state index is -3.54. The highest BCUT2D eigenvalue weighted by atomic mass is 16.6. The molecule has 7 atom stereocenters. The standard InChI is InChI=1S/C30H30O14/c31-12-19-23(37)25(39)26(40)29(44-19)30(43)27(41)21(17(11-20(35)36)14-4-8-16(33)9-5-14)24(38)22(28(30)42)18(34)10-3-13-1-6-15(32)7-2-13/h1-10,17,19,23,25-26,29,31-34,37-40,43H,11-12H2,(H,35,36)/t17-,19+,23+,25-,26-,29-,30+/m1/s1. The van der Waals surface area contributed by atoms with E-state index in [1.54, 1.807) is 0 Å². The van der Waals surface area contributed by atoms with Crippen LogP contribution in [0.4, 0.5) is 0 Å². The molecule has 0 spiro atoms. The Labute approximate surface area is 249 Å². The number of aromatic hydroxyl groups is 2. The third-order valence-electron chi connectivity index (χ3n) is 7.57. The van der Waals surface area contributed by atoms with Crippen molar-refractivity contribution in [1.29, 1.82) is 0 Å². The van der Waals surface area contributed by atoms with E-state index in [4.69, 9.17) is 4.74 Å². The number of aliphatic hydroxyl groups excluding tert-OH is 6. The lowest BCUT2D eigenvalue weighted by Gasteiger charge is -2.47. The van der Waals surface area contributed by atoms with E-state index in [1.807, 2.05) is 0 Å². The van der Waals surface area contributed by atoms with Crippen LogP contribution in [0.15, 0.2) is 77.3 Å². The maximum Gasteiger partial charge on any atom is 0.304 e. The average Bonchev–Trinajstić information content (AvgIpc) is 2.98. The normalized spacial score (nSPS) is 29.6. The lowest BCUT2D eigenvalue weighted by atomic mass is 9.67. The molecule has 44 heavy (non-hydrogen) atoms. The van der Waals surface area contributed by atoms with Crippen LogP contribution in [0.5, 0.6) is 11.5 Å². The monoisotopic (exact) mass is 614 g/mol. The SMILES string of the molecule is O=C(O)C[C@@H](C1=C(O)C(=C(O)C=Cc2ccc(O)cc2)C(=O)[C@](O)([C@@H]2O[C@@H](CO)[C@H](O)[C@@H](O)[C@H]2O)C1=O)c1ccc(O)cc1. The van der Waals surface area contributed by atoms with Crippen molar-refractivity contribution < 1.29 is 70.2 Å². The van der Waals surface area contributed by atoms with Crippen LogP contribution >= 0.6 is 0 Å². The number of benzene rings is 2. The number of phenolic OH excluding ortho intramolecular Hbond substituents is 2. The number of allylic oxidation sites excluding steroid dienone is 2. The number of carboxylic acid groups (broad SMARTS) is 1. The predicted molar refractivity (Wildman–Crippen MR) is 148 cm³/mol. The highest BCUT2D eigenvalue weighted by Crippen LogP contribution is 2.44. The van der Waals surface area contributed by atoms with E-state index in [9.17, 15) is 65.4 Å². The molecule has 1 fully saturated rings. The van der Waals surface area contributed by atoms with Crippen LogP contribution in [0, 0.1) is 0 Å². The molecule has 14 heteroatoms. The summed E-state index contributed by atoms with van der Waals surface area (Å²) in [7, 11) is 0. The second-order valence-electron chi connectivity index (χ2n) is 10.4. The van der Waals surface area contributed by atoms with E-state index in [0.29, 0.717) is 5.56 Å². The van der Waals surface area contributed by atoms with E-state index in [2.05, 4.69) is 0 Å². The number of Topliss-reactive ketones (excluding diaryl/α,β-unsaturated/α-hetero) is 2. The zero-order chi connectivity index (χ0) is 32.5. The van der Waals surface area contributed by atoms with Crippen molar-refractivity contribution in [2.45, 2.75) is 48.5 Å². The molecule has 2 aliphatic rings. The molecule has 0 aromatic heterocycles. The quantitative estimate of drug-likeness (QED) is 0.104. The number of rotatable bonds is 8. The van der Waals surface area contributed by atoms with Gasteiger partial charge in [0, 0.05) is 11.5 Å². The van der Waals surface area contributed by atoms with Crippen LogP contribution in [-0.2, 0) is 19.1 Å². The van der Waals surface area contributed by atoms with Crippen LogP contribution in [0.2, 0.25) is 0 Å². The van der Waals surface area contributed by atoms with Crippen LogP contribution in [-0.4, -0.2) is 111 Å². The molecule has 2 aromatic rings. The van der Waals surface area contributed by atoms with Gasteiger partial charge in [-0.05, 0) is 41.5 Å². The molecule has 14 nitrogen and oxygen atoms in total. The molecule has 2 aromatic carbocycles. The second-order valence-corrected chi connectivity index (χ2v) is 10.4. The van der Waals surface area contributed by atoms with Crippen molar-refractivity contribution in [3.05, 3.63) is 88.4 Å². The fraction of sp³-hybridized carbons (Fsp3) is 0.300. The lowest BCUT2D eigenvalue weighted by molar-refractivity contribution is -0.260. The second kappa shape index (κ2) is 12.6. The minimum Gasteiger partial charge on any atom is -0.508 e. The summed E-state index contributed by atoms with van der Waals surface area (Å²) in [5, 5.41) is 104. The van der Waals surface area contributed by atoms with Crippen LogP contribution in [0.25, 0.3) is 6.08 Å². The maximum absolute atomic E-state index is 14.1. The third-order valence-corrected chi connectivity index (χ3v) is 7.57. The van der Waals surface area contributed by atoms with Gasteiger partial charge in [0.1, 0.15) is 59.1 Å². The van der Waals surface area contributed by atoms with Gasteiger partial charge in [-0.25, -0.2) is 0 Å². The summed E-state index contributed by atoms with van der Waals surface area (Å²) in [6.07, 6.45) is -9.28. The molecule has 1 heterocycles. The number of hydrogen-bond acceptors (Lipinski definition) is 13. The maximum atomic E-state index is 14.1. The van der Waals surface area contributed by atoms with Crippen molar-refractivity contribution in [3.8, 4) is 11.5 Å². The Kier molecular flexibility index (Phi) is 9.25. The van der Waals surface area contributed by atoms with E-state index in [-0.39, 0.29) is 17.1 Å². The van der Waals surface area contributed by atoms with Gasteiger partial charge in [-0.3, -0.25) is 14.4 Å². The number of carboxylic acids is 1. The first kappa shape index (κ1) is 32.3. The Bertz CT molecular complexity index is 1520. The summed E-state index contributed by atoms with van der Waals surface area (Å²) in [6.45, 7) is -0.994. The molecule has 234 valence electrons. The molecule has 0 saturated carbocycles. The summed E-state index contributed by atoms with van der Waals surface area (Å²) < 4.78 is 5.35. The molecule has 0 amide bonds. The highest BCUT2D eigenvalue weighted by molar-refractivity contribution is 6.28. The fourth-order valence-electron chi connectivity index (χ4n) is 5.23. The summed E-state index contributed by atoms with van der Waals surface area (Å²) in [6, 6.07) is 10.2. The summed E-state index contributed by atoms with van der Waals surface area (Å²) in [4.78, 5) is 39.8. The number of ether oxygens (including phenoxy) is 1. The number of aliphatic carboxylic acids is 1. The fourth-order valence-corrected chi connectivity index (χ4v) is 5.23. The molecule has 1 saturated heterocycles. The largest absolute Gasteiger partial charge is 0.508 e. The Balaban J connectivity index is 1.98. The van der Waals surface area contributed by atoms with Gasteiger partial charge in [-0.1, -0.05) is 30.3 Å². The van der Waals surface area contributed by atoms with E-state index in [0.717, 1.165) is 18.2 Å². The number of aliphatic hydroxyl groups is 7. The zero-order valence-corrected chi connectivity index (χ0v) is 22.8. The van der Waals surface area contributed by atoms with Gasteiger partial charge in [-0.15, -0.1) is 0 Å². The van der Waals surface area contributed by atoms with Gasteiger partial charge < -0.3 is 55.8 Å². The first-order chi connectivity index (χ1) is 20.7. The molecular formula is C30H30O14. The topological polar surface area (TPSA) is 263 Å². The van der Waals surface area contributed by atoms with Crippen molar-refractivity contribution in [2.24, 2.45) is 0 Å². The Morgan fingerprint density at radius 2 is 1.43 bits per heavy atom. The highest BCUT2D eigenvalue weighted by Gasteiger charge is 2.64. The van der Waals surface area contributed by atoms with Gasteiger partial charge in [-0.2, -0.15) is 0 Å². The number of carbonyl (C=O) groups is 3. The number of phenols is 2. The molecule has 1 aliphatic carbocycles. The Hall–Kier alpha value is -4.57. The molecular weight excluding hydrogens is 584 g/mol. The molecule has 0 bridgehead atoms. The number of carbonyl (C=O) groups excluding carboxylic acids is 2. The minimum absolute atomic E-state index is 0.0177. The first-order valence-electron chi connectivity index (χ1n) is 13.2. The van der Waals surface area contributed by atoms with Crippen molar-refractivity contribution >= 4 is 23.6 Å². The van der Waals surface area contributed by atoms with Crippen LogP contribution < -0.4 is 0 Å². The van der Waals surface area contributed by atoms with Crippen LogP contribution in [0.3, 0.4) is 0 Å². The lowest BCUT2D eigenvalue weighted by Crippen LogP contribution is -2.71. The van der Waals surface area contributed by atoms with Gasteiger partial charge in [0.2, 0.25) is 17.2 Å². The Morgan fingerprint density at radius 1 is 0.864 bits per heavy atom. The van der Waals surface area contributed by atoms with Gasteiger partial charge in [0.15, 0.2) is 0 Å². The molecule has 0 radical (unpaired) electrons. The summed E-state index contributed by atoms with van der Waals surface area (Å²) >= 11 is 0. The molecule has 1 aliphatic heterocycles. The van der Waals surface area contributed by atoms with Crippen molar-refractivity contribution in [3.63, 3.8) is 0 Å². The smallest absolute Gasteiger partial charge is 0.304 e. The van der Waals surface area contributed by atoms with Gasteiger partial charge >= 0.3 is 5.97 Å². The van der Waals surface area contributed by atoms with E-state index in [1.165, 1.54) is 42.5 Å². The number of hydrogen-bond donors (Lipinski definition) is 10. The zero-order valence-electron chi connectivity index (χ0n) is 22.8. The van der Waals surface area contributed by atoms with Crippen molar-refractivity contribution in [1.82, 2.24) is 0 Å². The van der Waals surface area contributed by atoms with Crippen LogP contribution in [0.1, 0.15) is 23.5 Å². The third kappa shape index (κ3) is 5.81. The molecule has 0 unspecified atom stereocenters. The van der Waals surface area contributed by atoms with Gasteiger partial charge in [0.05, 0.1) is 13.0 Å². The molecule has 10 N–H and O–H groups in total. The van der Waals surface area contributed by atoms with Crippen molar-refractivity contribution in [2.75, 3.05) is 6.61 Å². The van der Waals surface area contributed by atoms with E-state index < -0.39 is 95.3 Å². The van der Waals surface area contributed by atoms with E-state index >= 15 is 0 Å². The average molecular weight is 615 g/mol. The summed E-state index contributed by atoms with van der Waals surface area (Å²) in [5.74, 6) is -9.00. The predicted octanol–water partition coefficient (Wildman–Crippen LogP) is -0.281. The first-order valence-corrected chi connectivity index (χ1v) is 13.2. The number of ketones is 2. The Morgan fingerprint density at radius 3 is 1.98 bits per heavy atom. The van der Waals surface area contributed by atoms with Gasteiger partial charge in [0.25, 0.3) is 0 Å². The summed E-state index contributed by atoms with van der Waals surface area (Å²) in [5.41, 5.74) is -5.11.